The molecule has 0 aromatic heterocycles. The maximum absolute atomic E-state index is 12.6. The van der Waals surface area contributed by atoms with Crippen molar-refractivity contribution in [3.05, 3.63) is 29.8 Å². The Bertz CT molecular complexity index is 435. The molecule has 1 aromatic rings. The molecule has 0 unspecified atom stereocenters. The normalized spacial score (nSPS) is 16.6. The highest BCUT2D eigenvalue weighted by Gasteiger charge is 2.36. The predicted octanol–water partition coefficient (Wildman–Crippen LogP) is 4.92. The Morgan fingerprint density at radius 2 is 1.35 bits per heavy atom. The second kappa shape index (κ2) is 4.44. The van der Waals surface area contributed by atoms with Gasteiger partial charge in [0.15, 0.2) is 0 Å². The molecule has 0 radical (unpaired) electrons. The van der Waals surface area contributed by atoms with Crippen molar-refractivity contribution in [3.63, 3.8) is 0 Å². The quantitative estimate of drug-likeness (QED) is 0.663. The Morgan fingerprint density at radius 3 is 1.65 bits per heavy atom. The van der Waals surface area contributed by atoms with Gasteiger partial charge in [0, 0.05) is 10.5 Å². The van der Waals surface area contributed by atoms with Crippen LogP contribution in [0.25, 0.3) is 0 Å². The van der Waals surface area contributed by atoms with Crippen molar-refractivity contribution in [2.45, 2.75) is 52.1 Å². The Labute approximate surface area is 110 Å². The average Bonchev–Trinajstić information content (AvgIpc) is 2.15. The third kappa shape index (κ3) is 3.14. The first-order valence-electron chi connectivity index (χ1n) is 5.87. The van der Waals surface area contributed by atoms with Crippen LogP contribution >= 0.6 is 17.7 Å². The second-order valence-corrected chi connectivity index (χ2v) is 10.9. The molecule has 1 atom stereocenters. The smallest absolute Gasteiger partial charge is 0.202 e. The van der Waals surface area contributed by atoms with E-state index in [1.165, 1.54) is 5.56 Å². The molecule has 0 saturated carbocycles. The molecule has 0 heterocycles. The molecule has 0 fully saturated rings. The lowest BCUT2D eigenvalue weighted by Gasteiger charge is -2.26. The van der Waals surface area contributed by atoms with E-state index in [2.05, 4.69) is 20.8 Å². The van der Waals surface area contributed by atoms with E-state index >= 15 is 0 Å². The highest BCUT2D eigenvalue weighted by molar-refractivity contribution is 7.96. The third-order valence-electron chi connectivity index (χ3n) is 2.93. The molecule has 0 saturated heterocycles. The summed E-state index contributed by atoms with van der Waals surface area (Å²) in [6, 6.07) is 7.85. The van der Waals surface area contributed by atoms with Gasteiger partial charge >= 0.3 is 0 Å². The topological polar surface area (TPSA) is 17.1 Å². The Kier molecular flexibility index (Phi) is 3.87. The van der Waals surface area contributed by atoms with Crippen LogP contribution in [-0.2, 0) is 9.98 Å². The first-order valence-corrected chi connectivity index (χ1v) is 8.48. The largest absolute Gasteiger partial charge is 0.301 e. The molecule has 1 nitrogen and oxygen atoms in total. The number of benzene rings is 1. The van der Waals surface area contributed by atoms with Crippen LogP contribution in [0.1, 0.15) is 47.1 Å². The summed E-state index contributed by atoms with van der Waals surface area (Å²) in [5.74, 6) is 0. The fourth-order valence-electron chi connectivity index (χ4n) is 1.54. The van der Waals surface area contributed by atoms with Crippen LogP contribution in [0.5, 0.6) is 0 Å². The summed E-state index contributed by atoms with van der Waals surface area (Å²) in [6.07, 6.45) is 0. The van der Waals surface area contributed by atoms with Crippen LogP contribution in [0, 0.1) is 0 Å². The zero-order valence-corrected chi connectivity index (χ0v) is 13.2. The molecule has 0 spiro atoms. The molecule has 96 valence electrons. The van der Waals surface area contributed by atoms with Crippen molar-refractivity contribution in [1.29, 1.82) is 0 Å². The summed E-state index contributed by atoms with van der Waals surface area (Å²) in [5.41, 5.74) is 1.34. The van der Waals surface area contributed by atoms with Gasteiger partial charge in [0.25, 0.3) is 0 Å². The van der Waals surface area contributed by atoms with Crippen molar-refractivity contribution in [2.24, 2.45) is 0 Å². The summed E-state index contributed by atoms with van der Waals surface area (Å²) in [4.78, 5) is 0. The molecule has 0 aliphatic carbocycles. The van der Waals surface area contributed by atoms with Crippen LogP contribution < -0.4 is 5.30 Å². The molecule has 17 heavy (non-hydrogen) atoms. The average molecular weight is 273 g/mol. The fraction of sp³-hybridized carbons (Fsp3) is 0.571. The first-order chi connectivity index (χ1) is 7.46. The van der Waals surface area contributed by atoms with Crippen LogP contribution in [0.4, 0.5) is 0 Å². The van der Waals surface area contributed by atoms with E-state index in [4.69, 9.17) is 11.2 Å². The number of halogens is 1. The van der Waals surface area contributed by atoms with Crippen molar-refractivity contribution >= 4 is 23.0 Å². The SMILES string of the molecule is CC(C)(C)c1ccc([P@](=O)(Cl)C(C)(C)C)cc1. The number of hydrogen-bond acceptors (Lipinski definition) is 1. The van der Waals surface area contributed by atoms with Gasteiger partial charge in [0.2, 0.25) is 6.49 Å². The minimum atomic E-state index is -2.83. The van der Waals surface area contributed by atoms with Gasteiger partial charge in [-0.05, 0) is 22.2 Å². The van der Waals surface area contributed by atoms with Crippen molar-refractivity contribution in [3.8, 4) is 0 Å². The first kappa shape index (κ1) is 14.8. The Balaban J connectivity index is 3.17. The van der Waals surface area contributed by atoms with Crippen LogP contribution in [-0.4, -0.2) is 5.16 Å². The lowest BCUT2D eigenvalue weighted by molar-refractivity contribution is 0.567. The van der Waals surface area contributed by atoms with Gasteiger partial charge in [0.05, 0.1) is 0 Å². The van der Waals surface area contributed by atoms with Crippen LogP contribution in [0.2, 0.25) is 0 Å². The molecule has 0 amide bonds. The van der Waals surface area contributed by atoms with Gasteiger partial charge in [-0.1, -0.05) is 65.8 Å². The predicted molar refractivity (Wildman–Crippen MR) is 78.0 cm³/mol. The summed E-state index contributed by atoms with van der Waals surface area (Å²) >= 11 is 6.26. The van der Waals surface area contributed by atoms with Gasteiger partial charge in [-0.3, -0.25) is 0 Å². The standard InChI is InChI=1S/C14H22ClOP/c1-13(2,3)11-7-9-12(10-8-11)17(15,16)14(4,5)6/h7-10H,1-6H3/t17-/m1/s1. The van der Waals surface area contributed by atoms with E-state index in [1.54, 1.807) is 0 Å². The molecule has 1 rings (SSSR count). The Hall–Kier alpha value is -0.260. The van der Waals surface area contributed by atoms with Crippen LogP contribution in [0.3, 0.4) is 0 Å². The van der Waals surface area contributed by atoms with E-state index in [0.717, 1.165) is 5.30 Å². The van der Waals surface area contributed by atoms with Gasteiger partial charge in [-0.25, -0.2) is 0 Å². The summed E-state index contributed by atoms with van der Waals surface area (Å²) < 4.78 is 12.6. The van der Waals surface area contributed by atoms with Gasteiger partial charge in [-0.15, -0.1) is 0 Å². The summed E-state index contributed by atoms with van der Waals surface area (Å²) in [7, 11) is 0. The fourth-order valence-corrected chi connectivity index (χ4v) is 3.19. The van der Waals surface area contributed by atoms with E-state index in [9.17, 15) is 4.57 Å². The molecule has 0 bridgehead atoms. The van der Waals surface area contributed by atoms with E-state index in [0.29, 0.717) is 0 Å². The monoisotopic (exact) mass is 272 g/mol. The lowest BCUT2D eigenvalue weighted by atomic mass is 9.87. The van der Waals surface area contributed by atoms with Crippen LogP contribution in [0.15, 0.2) is 24.3 Å². The van der Waals surface area contributed by atoms with Crippen molar-refractivity contribution in [1.82, 2.24) is 0 Å². The molecular formula is C14H22ClOP. The Morgan fingerprint density at radius 1 is 0.941 bits per heavy atom. The van der Waals surface area contributed by atoms with E-state index in [1.807, 2.05) is 45.0 Å². The third-order valence-corrected chi connectivity index (χ3v) is 7.72. The highest BCUT2D eigenvalue weighted by Crippen LogP contribution is 2.61. The van der Waals surface area contributed by atoms with Gasteiger partial charge in [0.1, 0.15) is 0 Å². The maximum atomic E-state index is 12.6. The zero-order chi connectivity index (χ0) is 13.5. The molecule has 1 aromatic carbocycles. The molecule has 0 aliphatic heterocycles. The van der Waals surface area contributed by atoms with E-state index < -0.39 is 11.7 Å². The highest BCUT2D eigenvalue weighted by atomic mass is 35.7. The number of hydrogen-bond donors (Lipinski definition) is 0. The minimum absolute atomic E-state index is 0.108. The zero-order valence-electron chi connectivity index (χ0n) is 11.5. The second-order valence-electron chi connectivity index (χ2n) is 6.50. The minimum Gasteiger partial charge on any atom is -0.301 e. The molecule has 0 aliphatic rings. The molecular weight excluding hydrogens is 251 g/mol. The van der Waals surface area contributed by atoms with Crippen molar-refractivity contribution < 1.29 is 4.57 Å². The summed E-state index contributed by atoms with van der Waals surface area (Å²) in [6.45, 7) is 9.39. The summed E-state index contributed by atoms with van der Waals surface area (Å²) in [5, 5.41) is 0.345. The molecule has 0 N–H and O–H groups in total. The van der Waals surface area contributed by atoms with Crippen molar-refractivity contribution in [2.75, 3.05) is 0 Å². The lowest BCUT2D eigenvalue weighted by Crippen LogP contribution is -2.20. The number of rotatable bonds is 1. The molecule has 3 heteroatoms. The van der Waals surface area contributed by atoms with E-state index in [-0.39, 0.29) is 5.41 Å². The van der Waals surface area contributed by atoms with Gasteiger partial charge in [-0.2, -0.15) is 0 Å². The maximum Gasteiger partial charge on any atom is 0.202 e. The van der Waals surface area contributed by atoms with Gasteiger partial charge < -0.3 is 4.57 Å².